The van der Waals surface area contributed by atoms with Gasteiger partial charge in [0.15, 0.2) is 0 Å². The lowest BCUT2D eigenvalue weighted by Gasteiger charge is -2.56. The molecule has 2 saturated carbocycles. The van der Waals surface area contributed by atoms with E-state index in [9.17, 15) is 14.7 Å². The van der Waals surface area contributed by atoms with Gasteiger partial charge in [-0.2, -0.15) is 0 Å². The Morgan fingerprint density at radius 1 is 1.17 bits per heavy atom. The summed E-state index contributed by atoms with van der Waals surface area (Å²) in [6.07, 6.45) is 7.55. The van der Waals surface area contributed by atoms with Crippen LogP contribution in [0.15, 0.2) is 18.7 Å². The van der Waals surface area contributed by atoms with Crippen LogP contribution in [0.4, 0.5) is 0 Å². The fourth-order valence-corrected chi connectivity index (χ4v) is 5.78. The first-order valence-corrected chi connectivity index (χ1v) is 11.2. The first-order chi connectivity index (χ1) is 14.1. The molecule has 1 aromatic rings. The highest BCUT2D eigenvalue weighted by atomic mass is 16.3. The van der Waals surface area contributed by atoms with Crippen molar-refractivity contribution in [3.05, 3.63) is 24.3 Å². The highest BCUT2D eigenvalue weighted by molar-refractivity contribution is 5.93. The van der Waals surface area contributed by atoms with Crippen LogP contribution >= 0.6 is 0 Å². The zero-order valence-electron chi connectivity index (χ0n) is 18.8. The van der Waals surface area contributed by atoms with Crippen LogP contribution in [0, 0.1) is 29.1 Å². The zero-order valence-corrected chi connectivity index (χ0v) is 18.8. The van der Waals surface area contributed by atoms with Gasteiger partial charge in [0.05, 0.1) is 11.7 Å². The molecule has 3 rings (SSSR count). The molecule has 7 heteroatoms. The van der Waals surface area contributed by atoms with Crippen LogP contribution in [0.25, 0.3) is 0 Å². The molecule has 2 fully saturated rings. The number of carbonyl (C=O) groups is 2. The van der Waals surface area contributed by atoms with Crippen LogP contribution in [-0.2, 0) is 4.79 Å². The van der Waals surface area contributed by atoms with Gasteiger partial charge in [0.2, 0.25) is 5.91 Å². The summed E-state index contributed by atoms with van der Waals surface area (Å²) < 4.78 is 0. The van der Waals surface area contributed by atoms with E-state index in [2.05, 4.69) is 34.4 Å². The Balaban J connectivity index is 1.74. The van der Waals surface area contributed by atoms with Gasteiger partial charge >= 0.3 is 0 Å². The van der Waals surface area contributed by atoms with E-state index in [-0.39, 0.29) is 53.0 Å². The number of amides is 2. The molecule has 0 bridgehead atoms. The van der Waals surface area contributed by atoms with Gasteiger partial charge in [0.1, 0.15) is 6.33 Å². The molecule has 0 radical (unpaired) electrons. The Morgan fingerprint density at radius 3 is 2.43 bits per heavy atom. The van der Waals surface area contributed by atoms with E-state index in [0.29, 0.717) is 5.56 Å². The zero-order chi connectivity index (χ0) is 22.1. The van der Waals surface area contributed by atoms with Crippen molar-refractivity contribution in [2.24, 2.45) is 29.1 Å². The second-order valence-corrected chi connectivity index (χ2v) is 9.93. The number of nitrogens with zero attached hydrogens (tertiary/aromatic N) is 2. The molecular weight excluding hydrogens is 380 g/mol. The molecule has 2 aliphatic carbocycles. The predicted molar refractivity (Wildman–Crippen MR) is 114 cm³/mol. The third kappa shape index (κ3) is 4.51. The van der Waals surface area contributed by atoms with Crippen LogP contribution in [-0.4, -0.2) is 45.1 Å². The monoisotopic (exact) mass is 416 g/mol. The second kappa shape index (κ2) is 9.00. The van der Waals surface area contributed by atoms with Crippen LogP contribution in [0.5, 0.6) is 0 Å². The Kier molecular flexibility index (Phi) is 6.80. The van der Waals surface area contributed by atoms with Crippen LogP contribution in [0.1, 0.15) is 70.7 Å². The van der Waals surface area contributed by atoms with Gasteiger partial charge in [0, 0.05) is 30.4 Å². The molecule has 0 saturated heterocycles. The maximum atomic E-state index is 12.6. The summed E-state index contributed by atoms with van der Waals surface area (Å²) in [4.78, 5) is 33.1. The van der Waals surface area contributed by atoms with Crippen molar-refractivity contribution < 1.29 is 14.7 Å². The number of nitrogens with one attached hydrogen (secondary N) is 2. The number of aliphatic hydroxyl groups is 1. The summed E-state index contributed by atoms with van der Waals surface area (Å²) in [6, 6.07) is 0.0603. The van der Waals surface area contributed by atoms with Crippen molar-refractivity contribution >= 4 is 11.8 Å². The first kappa shape index (κ1) is 22.7. The van der Waals surface area contributed by atoms with Gasteiger partial charge < -0.3 is 15.7 Å². The number of rotatable bonds is 5. The van der Waals surface area contributed by atoms with Gasteiger partial charge in [-0.05, 0) is 62.7 Å². The number of hydrogen-bond acceptors (Lipinski definition) is 5. The Labute approximate surface area is 179 Å². The summed E-state index contributed by atoms with van der Waals surface area (Å²) in [5.41, 5.74) is 0.472. The van der Waals surface area contributed by atoms with Gasteiger partial charge in [0.25, 0.3) is 5.91 Å². The minimum atomic E-state index is -0.563. The van der Waals surface area contributed by atoms with Crippen LogP contribution in [0.3, 0.4) is 0 Å². The number of aliphatic hydroxyl groups excluding tert-OH is 1. The third-order valence-corrected chi connectivity index (χ3v) is 7.51. The molecule has 1 aromatic heterocycles. The van der Waals surface area contributed by atoms with E-state index in [1.54, 1.807) is 0 Å². The van der Waals surface area contributed by atoms with E-state index < -0.39 is 6.10 Å². The maximum Gasteiger partial charge on any atom is 0.254 e. The Hall–Kier alpha value is -2.02. The van der Waals surface area contributed by atoms with Gasteiger partial charge in [-0.1, -0.05) is 20.8 Å². The fraction of sp³-hybridized carbons (Fsp3) is 0.739. The largest absolute Gasteiger partial charge is 0.392 e. The predicted octanol–water partition coefficient (Wildman–Crippen LogP) is 2.56. The summed E-state index contributed by atoms with van der Waals surface area (Å²) in [5.74, 6) is -0.332. The standard InChI is InChI=1S/C23H36N4O3/c1-13(2)26-21(29)14(3)17-6-8-23(5)9-7-18(15(4)19(23)20(17)28)27-22(30)16-10-24-12-25-11-16/h10-15,17-20,28H,6-9H2,1-5H3,(H,26,29)(H,27,30)/t14-,15+,17?,18-,19+,20-,23-/m0/s1. The molecule has 1 unspecified atom stereocenters. The fourth-order valence-electron chi connectivity index (χ4n) is 5.78. The topological polar surface area (TPSA) is 104 Å². The van der Waals surface area contributed by atoms with E-state index in [0.717, 1.165) is 25.7 Å². The van der Waals surface area contributed by atoms with E-state index in [1.807, 2.05) is 20.8 Å². The molecular formula is C23H36N4O3. The van der Waals surface area contributed by atoms with Crippen LogP contribution < -0.4 is 10.6 Å². The minimum Gasteiger partial charge on any atom is -0.392 e. The SMILES string of the molecule is CC(C)NC(=O)[C@@H](C)C1CC[C@@]2(C)CC[C@H](NC(=O)c3cncnc3)[C@@H](C)[C@@H]2[C@H]1O. The summed E-state index contributed by atoms with van der Waals surface area (Å²) in [7, 11) is 0. The highest BCUT2D eigenvalue weighted by Crippen LogP contribution is 2.55. The molecule has 0 spiro atoms. The summed E-state index contributed by atoms with van der Waals surface area (Å²) >= 11 is 0. The van der Waals surface area contributed by atoms with Gasteiger partial charge in [-0.3, -0.25) is 9.59 Å². The van der Waals surface area contributed by atoms with Crippen molar-refractivity contribution in [1.82, 2.24) is 20.6 Å². The smallest absolute Gasteiger partial charge is 0.254 e. The average molecular weight is 417 g/mol. The molecule has 2 aliphatic rings. The van der Waals surface area contributed by atoms with Crippen molar-refractivity contribution in [1.29, 1.82) is 0 Å². The number of hydrogen-bond donors (Lipinski definition) is 3. The lowest BCUT2D eigenvalue weighted by molar-refractivity contribution is -0.142. The lowest BCUT2D eigenvalue weighted by Crippen LogP contribution is -2.58. The number of aromatic nitrogens is 2. The summed E-state index contributed by atoms with van der Waals surface area (Å²) in [6.45, 7) is 10.2. The maximum absolute atomic E-state index is 12.6. The molecule has 30 heavy (non-hydrogen) atoms. The molecule has 166 valence electrons. The van der Waals surface area contributed by atoms with E-state index in [1.165, 1.54) is 18.7 Å². The molecule has 0 aliphatic heterocycles. The summed E-state index contributed by atoms with van der Waals surface area (Å²) in [5, 5.41) is 17.5. The van der Waals surface area contributed by atoms with Crippen molar-refractivity contribution in [3.8, 4) is 0 Å². The number of fused-ring (bicyclic) bond motifs is 1. The normalized spacial score (nSPS) is 34.7. The van der Waals surface area contributed by atoms with Crippen molar-refractivity contribution in [2.45, 2.75) is 78.5 Å². The van der Waals surface area contributed by atoms with Crippen LogP contribution in [0.2, 0.25) is 0 Å². The Bertz CT molecular complexity index is 756. The molecule has 7 nitrogen and oxygen atoms in total. The number of carbonyl (C=O) groups excluding carboxylic acids is 2. The van der Waals surface area contributed by atoms with Gasteiger partial charge in [-0.25, -0.2) is 9.97 Å². The van der Waals surface area contributed by atoms with Crippen molar-refractivity contribution in [3.63, 3.8) is 0 Å². The average Bonchev–Trinajstić information content (AvgIpc) is 2.70. The highest BCUT2D eigenvalue weighted by Gasteiger charge is 2.53. The second-order valence-electron chi connectivity index (χ2n) is 9.93. The molecule has 2 amide bonds. The lowest BCUT2D eigenvalue weighted by atomic mass is 9.51. The Morgan fingerprint density at radius 2 is 1.80 bits per heavy atom. The first-order valence-electron chi connectivity index (χ1n) is 11.2. The third-order valence-electron chi connectivity index (χ3n) is 7.51. The minimum absolute atomic E-state index is 0.00930. The molecule has 1 heterocycles. The molecule has 0 aromatic carbocycles. The molecule has 3 N–H and O–H groups in total. The quantitative estimate of drug-likeness (QED) is 0.684. The molecule has 7 atom stereocenters. The van der Waals surface area contributed by atoms with E-state index in [4.69, 9.17) is 0 Å². The van der Waals surface area contributed by atoms with Crippen molar-refractivity contribution in [2.75, 3.05) is 0 Å². The van der Waals surface area contributed by atoms with Gasteiger partial charge in [-0.15, -0.1) is 0 Å². The van der Waals surface area contributed by atoms with E-state index >= 15 is 0 Å².